The van der Waals surface area contributed by atoms with E-state index in [4.69, 9.17) is 4.74 Å². The summed E-state index contributed by atoms with van der Waals surface area (Å²) in [6, 6.07) is 0. The van der Waals surface area contributed by atoms with Crippen LogP contribution in [0.25, 0.3) is 0 Å². The number of allylic oxidation sites excluding steroid dienone is 5. The largest absolute Gasteiger partial charge is 0.491 e. The van der Waals surface area contributed by atoms with E-state index in [0.29, 0.717) is 6.61 Å². The fourth-order valence-corrected chi connectivity index (χ4v) is 1.88. The molecule has 0 bridgehead atoms. The summed E-state index contributed by atoms with van der Waals surface area (Å²) in [7, 11) is 0. The van der Waals surface area contributed by atoms with Gasteiger partial charge in [-0.25, -0.2) is 0 Å². The summed E-state index contributed by atoms with van der Waals surface area (Å²) < 4.78 is 5.80. The van der Waals surface area contributed by atoms with Gasteiger partial charge in [0.1, 0.15) is 12.4 Å². The van der Waals surface area contributed by atoms with E-state index in [1.165, 1.54) is 0 Å². The maximum absolute atomic E-state index is 5.80. The van der Waals surface area contributed by atoms with Gasteiger partial charge in [-0.2, -0.15) is 5.10 Å². The van der Waals surface area contributed by atoms with E-state index >= 15 is 0 Å². The number of hydrazone groups is 1. The standard InChI is InChI=1S/C15H22N2O/c1-5-9-10-15-13(6-2)14(7-3)17(16-8-4)11-12-18-15/h5-10H,11-12H2,1-4H3/b9-5-,13-6-,14-7-,15-10+,16-8-. The molecule has 1 aliphatic rings. The smallest absolute Gasteiger partial charge is 0.128 e. The van der Waals surface area contributed by atoms with Crippen LogP contribution in [0.5, 0.6) is 0 Å². The number of nitrogens with zero attached hydrogens (tertiary/aromatic N) is 2. The zero-order chi connectivity index (χ0) is 13.4. The Hall–Kier alpha value is -1.77. The average Bonchev–Trinajstić information content (AvgIpc) is 2.55. The second-order valence-corrected chi connectivity index (χ2v) is 3.78. The summed E-state index contributed by atoms with van der Waals surface area (Å²) >= 11 is 0. The summed E-state index contributed by atoms with van der Waals surface area (Å²) in [6.45, 7) is 9.35. The van der Waals surface area contributed by atoms with Gasteiger partial charge in [-0.3, -0.25) is 5.01 Å². The molecule has 0 N–H and O–H groups in total. The minimum absolute atomic E-state index is 0.634. The predicted octanol–water partition coefficient (Wildman–Crippen LogP) is 3.63. The van der Waals surface area contributed by atoms with Gasteiger partial charge in [0.25, 0.3) is 0 Å². The highest BCUT2D eigenvalue weighted by atomic mass is 16.5. The molecule has 0 aromatic carbocycles. The molecule has 0 atom stereocenters. The fourth-order valence-electron chi connectivity index (χ4n) is 1.88. The van der Waals surface area contributed by atoms with Crippen LogP contribution in [0, 0.1) is 0 Å². The van der Waals surface area contributed by atoms with E-state index in [-0.39, 0.29) is 0 Å². The normalized spacial score (nSPS) is 24.4. The molecule has 0 unspecified atom stereocenters. The monoisotopic (exact) mass is 246 g/mol. The third-order valence-electron chi connectivity index (χ3n) is 2.64. The summed E-state index contributed by atoms with van der Waals surface area (Å²) in [6.07, 6.45) is 11.9. The van der Waals surface area contributed by atoms with Crippen molar-refractivity contribution >= 4 is 6.21 Å². The van der Waals surface area contributed by atoms with Crippen LogP contribution in [0.2, 0.25) is 0 Å². The second kappa shape index (κ2) is 7.54. The Morgan fingerprint density at radius 2 is 1.94 bits per heavy atom. The molecule has 3 heteroatoms. The van der Waals surface area contributed by atoms with Gasteiger partial charge in [-0.1, -0.05) is 24.3 Å². The first-order chi connectivity index (χ1) is 8.78. The van der Waals surface area contributed by atoms with Crippen molar-refractivity contribution in [1.29, 1.82) is 0 Å². The lowest BCUT2D eigenvalue weighted by Gasteiger charge is -2.19. The molecule has 0 aromatic rings. The lowest BCUT2D eigenvalue weighted by molar-refractivity contribution is 0.204. The van der Waals surface area contributed by atoms with Crippen LogP contribution >= 0.6 is 0 Å². The molecule has 0 amide bonds. The van der Waals surface area contributed by atoms with Gasteiger partial charge < -0.3 is 4.74 Å². The Bertz CT molecular complexity index is 414. The number of hydrogen-bond donors (Lipinski definition) is 0. The molecular formula is C15H22N2O. The van der Waals surface area contributed by atoms with E-state index in [1.54, 1.807) is 6.21 Å². The number of ether oxygens (including phenoxy) is 1. The lowest BCUT2D eigenvalue weighted by atomic mass is 10.1. The van der Waals surface area contributed by atoms with Gasteiger partial charge in [0.05, 0.1) is 12.2 Å². The molecular weight excluding hydrogens is 224 g/mol. The van der Waals surface area contributed by atoms with E-state index < -0.39 is 0 Å². The predicted molar refractivity (Wildman–Crippen MR) is 77.2 cm³/mol. The van der Waals surface area contributed by atoms with Crippen molar-refractivity contribution < 1.29 is 4.74 Å². The van der Waals surface area contributed by atoms with Crippen molar-refractivity contribution in [2.75, 3.05) is 13.2 Å². The van der Waals surface area contributed by atoms with E-state index in [1.807, 2.05) is 50.9 Å². The van der Waals surface area contributed by atoms with Gasteiger partial charge >= 0.3 is 0 Å². The maximum atomic E-state index is 5.80. The Kier molecular flexibility index (Phi) is 5.98. The quantitative estimate of drug-likeness (QED) is 0.695. The fraction of sp³-hybridized carbons (Fsp3) is 0.400. The highest BCUT2D eigenvalue weighted by Crippen LogP contribution is 2.27. The van der Waals surface area contributed by atoms with Crippen molar-refractivity contribution in [1.82, 2.24) is 5.01 Å². The Morgan fingerprint density at radius 3 is 2.50 bits per heavy atom. The van der Waals surface area contributed by atoms with Crippen LogP contribution in [-0.2, 0) is 4.74 Å². The van der Waals surface area contributed by atoms with Gasteiger partial charge in [0, 0.05) is 11.8 Å². The zero-order valence-corrected chi connectivity index (χ0v) is 11.7. The first-order valence-electron chi connectivity index (χ1n) is 6.33. The first kappa shape index (κ1) is 14.3. The third-order valence-corrected chi connectivity index (χ3v) is 2.64. The van der Waals surface area contributed by atoms with Crippen LogP contribution in [0.15, 0.2) is 52.5 Å². The zero-order valence-electron chi connectivity index (χ0n) is 11.7. The summed E-state index contributed by atoms with van der Waals surface area (Å²) in [5.74, 6) is 0.900. The van der Waals surface area contributed by atoms with Crippen molar-refractivity contribution in [3.63, 3.8) is 0 Å². The molecule has 0 saturated carbocycles. The number of rotatable bonds is 2. The molecule has 1 saturated heterocycles. The maximum Gasteiger partial charge on any atom is 0.128 e. The molecule has 0 spiro atoms. The Labute approximate surface area is 110 Å². The molecule has 1 heterocycles. The summed E-state index contributed by atoms with van der Waals surface area (Å²) in [5.41, 5.74) is 2.17. The first-order valence-corrected chi connectivity index (χ1v) is 6.33. The molecule has 3 nitrogen and oxygen atoms in total. The molecule has 1 aliphatic heterocycles. The topological polar surface area (TPSA) is 24.8 Å². The summed E-state index contributed by atoms with van der Waals surface area (Å²) in [5, 5.41) is 6.36. The van der Waals surface area contributed by atoms with E-state index in [0.717, 1.165) is 23.6 Å². The van der Waals surface area contributed by atoms with Gasteiger partial charge in [-0.05, 0) is 33.8 Å². The minimum Gasteiger partial charge on any atom is -0.491 e. The van der Waals surface area contributed by atoms with Crippen molar-refractivity contribution in [3.05, 3.63) is 47.4 Å². The summed E-state index contributed by atoms with van der Waals surface area (Å²) in [4.78, 5) is 0. The van der Waals surface area contributed by atoms with Gasteiger partial charge in [0.2, 0.25) is 0 Å². The van der Waals surface area contributed by atoms with Crippen molar-refractivity contribution in [3.8, 4) is 0 Å². The second-order valence-electron chi connectivity index (χ2n) is 3.78. The average molecular weight is 246 g/mol. The molecule has 0 radical (unpaired) electrons. The van der Waals surface area contributed by atoms with Crippen LogP contribution in [0.3, 0.4) is 0 Å². The lowest BCUT2D eigenvalue weighted by Crippen LogP contribution is -2.19. The van der Waals surface area contributed by atoms with Crippen LogP contribution in [-0.4, -0.2) is 24.4 Å². The molecule has 1 rings (SSSR count). The molecule has 0 aromatic heterocycles. The Morgan fingerprint density at radius 1 is 1.17 bits per heavy atom. The van der Waals surface area contributed by atoms with Crippen molar-refractivity contribution in [2.45, 2.75) is 27.7 Å². The van der Waals surface area contributed by atoms with E-state index in [2.05, 4.69) is 17.3 Å². The molecule has 18 heavy (non-hydrogen) atoms. The Balaban J connectivity index is 3.17. The van der Waals surface area contributed by atoms with Crippen molar-refractivity contribution in [2.24, 2.45) is 5.10 Å². The van der Waals surface area contributed by atoms with Gasteiger partial charge in [-0.15, -0.1) is 0 Å². The molecule has 98 valence electrons. The van der Waals surface area contributed by atoms with E-state index in [9.17, 15) is 0 Å². The highest BCUT2D eigenvalue weighted by Gasteiger charge is 2.20. The van der Waals surface area contributed by atoms with Crippen LogP contribution in [0.1, 0.15) is 27.7 Å². The molecule has 1 fully saturated rings. The SMILES string of the molecule is C\C=C/C=C1/OCCN(/N=C\C)C(=C\C)/C1=C/C. The third kappa shape index (κ3) is 3.36. The van der Waals surface area contributed by atoms with Crippen LogP contribution < -0.4 is 0 Å². The van der Waals surface area contributed by atoms with Gasteiger partial charge in [0.15, 0.2) is 0 Å². The highest BCUT2D eigenvalue weighted by molar-refractivity contribution is 5.54. The number of hydrogen-bond acceptors (Lipinski definition) is 3. The van der Waals surface area contributed by atoms with Crippen LogP contribution in [0.4, 0.5) is 0 Å². The minimum atomic E-state index is 0.634. The molecule has 0 aliphatic carbocycles.